The Labute approximate surface area is 119 Å². The Kier molecular flexibility index (Phi) is 4.47. The zero-order chi connectivity index (χ0) is 13.8. The van der Waals surface area contributed by atoms with E-state index >= 15 is 0 Å². The van der Waals surface area contributed by atoms with E-state index in [1.165, 1.54) is 0 Å². The van der Waals surface area contributed by atoms with Crippen LogP contribution in [0.15, 0.2) is 18.3 Å². The average Bonchev–Trinajstić information content (AvgIpc) is 2.54. The Morgan fingerprint density at radius 1 is 1.58 bits per heavy atom. The van der Waals surface area contributed by atoms with E-state index in [1.54, 1.807) is 6.20 Å². The topological polar surface area (TPSA) is 59.2 Å². The lowest BCUT2D eigenvalue weighted by Crippen LogP contribution is -2.31. The van der Waals surface area contributed by atoms with Gasteiger partial charge in [-0.25, -0.2) is 0 Å². The quantitative estimate of drug-likeness (QED) is 0.857. The van der Waals surface area contributed by atoms with Crippen molar-refractivity contribution in [3.05, 3.63) is 29.6 Å². The van der Waals surface area contributed by atoms with Gasteiger partial charge in [-0.1, -0.05) is 25.2 Å². The highest BCUT2D eigenvalue weighted by Gasteiger charge is 2.21. The summed E-state index contributed by atoms with van der Waals surface area (Å²) in [6.07, 6.45) is 4.33. The van der Waals surface area contributed by atoms with Crippen LogP contribution in [0.3, 0.4) is 0 Å². The number of amides is 1. The van der Waals surface area contributed by atoms with Crippen molar-refractivity contribution in [2.45, 2.75) is 32.7 Å². The van der Waals surface area contributed by atoms with Gasteiger partial charge in [0.25, 0.3) is 0 Å². The number of aromatic nitrogens is 1. The van der Waals surface area contributed by atoms with Gasteiger partial charge in [0.2, 0.25) is 5.91 Å². The Bertz CT molecular complexity index is 489. The predicted octanol–water partition coefficient (Wildman–Crippen LogP) is 1.86. The third kappa shape index (κ3) is 3.50. The highest BCUT2D eigenvalue weighted by molar-refractivity contribution is 7.80. The molecule has 2 rings (SSSR count). The van der Waals surface area contributed by atoms with Gasteiger partial charge >= 0.3 is 0 Å². The zero-order valence-electron chi connectivity index (χ0n) is 11.1. The van der Waals surface area contributed by atoms with Crippen LogP contribution in [0.25, 0.3) is 0 Å². The van der Waals surface area contributed by atoms with Crippen LogP contribution in [0, 0.1) is 5.92 Å². The van der Waals surface area contributed by atoms with Crippen LogP contribution < -0.4 is 5.73 Å². The van der Waals surface area contributed by atoms with Crippen molar-refractivity contribution in [1.82, 2.24) is 9.88 Å². The van der Waals surface area contributed by atoms with Crippen LogP contribution in [0.1, 0.15) is 37.4 Å². The molecule has 0 saturated carbocycles. The van der Waals surface area contributed by atoms with Gasteiger partial charge in [-0.15, -0.1) is 0 Å². The van der Waals surface area contributed by atoms with E-state index in [9.17, 15) is 4.79 Å². The summed E-state index contributed by atoms with van der Waals surface area (Å²) in [5.74, 6) is 0.819. The minimum atomic E-state index is 0.210. The van der Waals surface area contributed by atoms with E-state index in [0.29, 0.717) is 24.6 Å². The molecule has 1 fully saturated rings. The smallest absolute Gasteiger partial charge is 0.222 e. The Hall–Kier alpha value is -1.49. The molecule has 0 radical (unpaired) electrons. The first kappa shape index (κ1) is 13.9. The predicted molar refractivity (Wildman–Crippen MR) is 78.6 cm³/mol. The molecule has 1 aliphatic rings. The lowest BCUT2D eigenvalue weighted by Gasteiger charge is -2.21. The van der Waals surface area contributed by atoms with E-state index in [0.717, 1.165) is 24.9 Å². The fourth-order valence-electron chi connectivity index (χ4n) is 2.33. The molecule has 1 atom stereocenters. The molecule has 1 aromatic rings. The summed E-state index contributed by atoms with van der Waals surface area (Å²) >= 11 is 5.00. The van der Waals surface area contributed by atoms with Gasteiger partial charge in [-0.05, 0) is 24.8 Å². The second-order valence-electron chi connectivity index (χ2n) is 5.12. The van der Waals surface area contributed by atoms with E-state index < -0.39 is 0 Å². The van der Waals surface area contributed by atoms with Crippen molar-refractivity contribution in [2.24, 2.45) is 11.7 Å². The molecule has 102 valence electrons. The number of nitrogens with zero attached hydrogens (tertiary/aromatic N) is 2. The van der Waals surface area contributed by atoms with Gasteiger partial charge in [0.1, 0.15) is 10.7 Å². The number of hydrogen-bond donors (Lipinski definition) is 1. The van der Waals surface area contributed by atoms with Crippen LogP contribution >= 0.6 is 12.2 Å². The van der Waals surface area contributed by atoms with E-state index in [1.807, 2.05) is 17.0 Å². The molecule has 0 aliphatic carbocycles. The van der Waals surface area contributed by atoms with E-state index in [4.69, 9.17) is 18.0 Å². The normalized spacial score (nSPS) is 20.2. The number of thiocarbonyl (C=S) groups is 1. The zero-order valence-corrected chi connectivity index (χ0v) is 11.9. The first-order valence-corrected chi connectivity index (χ1v) is 7.00. The molecule has 1 aliphatic heterocycles. The molecule has 2 heterocycles. The van der Waals surface area contributed by atoms with Gasteiger partial charge in [-0.3, -0.25) is 9.78 Å². The van der Waals surface area contributed by atoms with Crippen LogP contribution in [0.2, 0.25) is 0 Å². The summed E-state index contributed by atoms with van der Waals surface area (Å²) in [6, 6.07) is 3.78. The van der Waals surface area contributed by atoms with Crippen molar-refractivity contribution in [3.63, 3.8) is 0 Å². The number of likely N-dealkylation sites (tertiary alicyclic amines) is 1. The summed E-state index contributed by atoms with van der Waals surface area (Å²) in [7, 11) is 0. The largest absolute Gasteiger partial charge is 0.388 e. The molecule has 0 bridgehead atoms. The van der Waals surface area contributed by atoms with Gasteiger partial charge in [0.05, 0.1) is 0 Å². The molecule has 1 aromatic heterocycles. The molecule has 1 amide bonds. The van der Waals surface area contributed by atoms with Crippen LogP contribution in [0.4, 0.5) is 0 Å². The molecular weight excluding hydrogens is 258 g/mol. The summed E-state index contributed by atoms with van der Waals surface area (Å²) in [5, 5.41) is 0. The lowest BCUT2D eigenvalue weighted by molar-refractivity contribution is -0.131. The fourth-order valence-corrected chi connectivity index (χ4v) is 2.52. The van der Waals surface area contributed by atoms with Crippen LogP contribution in [-0.2, 0) is 11.3 Å². The minimum absolute atomic E-state index is 0.210. The maximum absolute atomic E-state index is 12.1. The highest BCUT2D eigenvalue weighted by Crippen LogP contribution is 2.20. The first-order chi connectivity index (χ1) is 9.08. The number of carbonyl (C=O) groups excluding carboxylic acids is 1. The number of carbonyl (C=O) groups is 1. The summed E-state index contributed by atoms with van der Waals surface area (Å²) in [5.41, 5.74) is 7.23. The maximum atomic E-state index is 12.1. The summed E-state index contributed by atoms with van der Waals surface area (Å²) in [4.78, 5) is 18.5. The molecule has 1 saturated heterocycles. The molecule has 0 spiro atoms. The molecule has 19 heavy (non-hydrogen) atoms. The van der Waals surface area contributed by atoms with Crippen LogP contribution in [-0.4, -0.2) is 27.3 Å². The molecule has 4 nitrogen and oxygen atoms in total. The number of rotatable bonds is 3. The van der Waals surface area contributed by atoms with Crippen molar-refractivity contribution >= 4 is 23.1 Å². The first-order valence-electron chi connectivity index (χ1n) is 6.59. The second-order valence-corrected chi connectivity index (χ2v) is 5.56. The van der Waals surface area contributed by atoms with Gasteiger partial charge < -0.3 is 10.6 Å². The standard InChI is InChI=1S/C14H19N3OS/c1-10-4-5-12(18)17(8-6-10)9-11-3-2-7-16-13(11)14(15)19/h2-3,7,10H,4-6,8-9H2,1H3,(H2,15,19). The fraction of sp³-hybridized carbons (Fsp3) is 0.500. The van der Waals surface area contributed by atoms with Crippen LogP contribution in [0.5, 0.6) is 0 Å². The SMILES string of the molecule is CC1CCC(=O)N(Cc2cccnc2C(N)=S)CC1. The Balaban J connectivity index is 2.16. The molecule has 5 heteroatoms. The minimum Gasteiger partial charge on any atom is -0.388 e. The van der Waals surface area contributed by atoms with Crippen molar-refractivity contribution in [1.29, 1.82) is 0 Å². The van der Waals surface area contributed by atoms with Gasteiger partial charge in [0.15, 0.2) is 0 Å². The maximum Gasteiger partial charge on any atom is 0.222 e. The summed E-state index contributed by atoms with van der Waals surface area (Å²) in [6.45, 7) is 3.54. The molecular formula is C14H19N3OS. The van der Waals surface area contributed by atoms with Gasteiger partial charge in [-0.2, -0.15) is 0 Å². The Morgan fingerprint density at radius 3 is 3.11 bits per heavy atom. The average molecular weight is 277 g/mol. The molecule has 1 unspecified atom stereocenters. The highest BCUT2D eigenvalue weighted by atomic mass is 32.1. The van der Waals surface area contributed by atoms with E-state index in [-0.39, 0.29) is 10.9 Å². The van der Waals surface area contributed by atoms with Crippen molar-refractivity contribution in [3.8, 4) is 0 Å². The lowest BCUT2D eigenvalue weighted by atomic mass is 10.0. The third-order valence-corrected chi connectivity index (χ3v) is 3.77. The van der Waals surface area contributed by atoms with Crippen molar-refractivity contribution < 1.29 is 4.79 Å². The monoisotopic (exact) mass is 277 g/mol. The molecule has 0 aromatic carbocycles. The number of hydrogen-bond acceptors (Lipinski definition) is 3. The number of nitrogens with two attached hydrogens (primary N) is 1. The summed E-state index contributed by atoms with van der Waals surface area (Å²) < 4.78 is 0. The number of pyridine rings is 1. The molecule has 2 N–H and O–H groups in total. The van der Waals surface area contributed by atoms with E-state index in [2.05, 4.69) is 11.9 Å². The van der Waals surface area contributed by atoms with Crippen molar-refractivity contribution in [2.75, 3.05) is 6.54 Å². The second kappa shape index (κ2) is 6.10. The van der Waals surface area contributed by atoms with Gasteiger partial charge in [0, 0.05) is 31.3 Å². The Morgan fingerprint density at radius 2 is 2.37 bits per heavy atom. The third-order valence-electron chi connectivity index (χ3n) is 3.58.